The highest BCUT2D eigenvalue weighted by Crippen LogP contribution is 2.31. The van der Waals surface area contributed by atoms with Crippen LogP contribution in [-0.4, -0.2) is 28.7 Å². The number of methoxy groups -OCH3 is 1. The zero-order chi connectivity index (χ0) is 19.4. The second-order valence-electron chi connectivity index (χ2n) is 6.99. The van der Waals surface area contributed by atoms with Crippen molar-refractivity contribution in [2.24, 2.45) is 0 Å². The molecule has 0 saturated carbocycles. The molecule has 5 nitrogen and oxygen atoms in total. The van der Waals surface area contributed by atoms with Crippen LogP contribution in [0.15, 0.2) is 35.2 Å². The van der Waals surface area contributed by atoms with Crippen LogP contribution in [0.1, 0.15) is 35.1 Å². The molecule has 6 heteroatoms. The summed E-state index contributed by atoms with van der Waals surface area (Å²) in [6.07, 6.45) is 4.12. The molecule has 2 aromatic carbocycles. The van der Waals surface area contributed by atoms with E-state index < -0.39 is 10.0 Å². The van der Waals surface area contributed by atoms with E-state index >= 15 is 0 Å². The van der Waals surface area contributed by atoms with Gasteiger partial charge in [-0.05, 0) is 74.4 Å². The molecule has 0 radical (unpaired) electrons. The number of benzene rings is 2. The molecule has 27 heavy (non-hydrogen) atoms. The van der Waals surface area contributed by atoms with Gasteiger partial charge in [-0.2, -0.15) is 0 Å². The lowest BCUT2D eigenvalue weighted by Gasteiger charge is -2.19. The molecule has 0 heterocycles. The van der Waals surface area contributed by atoms with E-state index in [4.69, 9.17) is 9.47 Å². The van der Waals surface area contributed by atoms with Crippen molar-refractivity contribution in [2.75, 3.05) is 20.3 Å². The van der Waals surface area contributed by atoms with Gasteiger partial charge in [0.1, 0.15) is 23.0 Å². The molecule has 0 saturated heterocycles. The summed E-state index contributed by atoms with van der Waals surface area (Å²) in [5, 5.41) is 0. The lowest BCUT2D eigenvalue weighted by Crippen LogP contribution is -2.29. The Balaban J connectivity index is 1.67. The predicted octanol–water partition coefficient (Wildman–Crippen LogP) is 3.55. The highest BCUT2D eigenvalue weighted by atomic mass is 32.2. The Labute approximate surface area is 161 Å². The van der Waals surface area contributed by atoms with E-state index in [-0.39, 0.29) is 18.0 Å². The van der Waals surface area contributed by atoms with Gasteiger partial charge < -0.3 is 9.47 Å². The van der Waals surface area contributed by atoms with Crippen LogP contribution in [0.2, 0.25) is 0 Å². The minimum absolute atomic E-state index is 0.190. The zero-order valence-electron chi connectivity index (χ0n) is 16.2. The average molecular weight is 390 g/mol. The van der Waals surface area contributed by atoms with Crippen LogP contribution in [-0.2, 0) is 22.9 Å². The SMILES string of the molecule is COc1cc2c(cc1S(=O)(=O)NCCOc1ccc(C)cc1C)CCCC2. The van der Waals surface area contributed by atoms with Crippen LogP contribution in [0.5, 0.6) is 11.5 Å². The van der Waals surface area contributed by atoms with Gasteiger partial charge in [-0.1, -0.05) is 17.7 Å². The first-order valence-electron chi connectivity index (χ1n) is 9.30. The maximum Gasteiger partial charge on any atom is 0.244 e. The Bertz CT molecular complexity index is 922. The van der Waals surface area contributed by atoms with E-state index in [2.05, 4.69) is 4.72 Å². The van der Waals surface area contributed by atoms with Gasteiger partial charge in [0.05, 0.1) is 7.11 Å². The predicted molar refractivity (Wildman–Crippen MR) is 106 cm³/mol. The molecule has 3 rings (SSSR count). The lowest BCUT2D eigenvalue weighted by molar-refractivity contribution is 0.320. The fourth-order valence-electron chi connectivity index (χ4n) is 3.49. The van der Waals surface area contributed by atoms with Crippen LogP contribution in [0.25, 0.3) is 0 Å². The normalized spacial score (nSPS) is 13.9. The van der Waals surface area contributed by atoms with Gasteiger partial charge in [0.2, 0.25) is 10.0 Å². The van der Waals surface area contributed by atoms with Crippen LogP contribution < -0.4 is 14.2 Å². The Kier molecular flexibility index (Phi) is 6.07. The fraction of sp³-hybridized carbons (Fsp3) is 0.429. The molecule has 1 aliphatic rings. The molecular weight excluding hydrogens is 362 g/mol. The summed E-state index contributed by atoms with van der Waals surface area (Å²) < 4.78 is 39.2. The molecule has 0 aromatic heterocycles. The Morgan fingerprint density at radius 3 is 2.37 bits per heavy atom. The van der Waals surface area contributed by atoms with Crippen molar-refractivity contribution in [1.82, 2.24) is 4.72 Å². The Morgan fingerprint density at radius 2 is 1.70 bits per heavy atom. The van der Waals surface area contributed by atoms with Crippen molar-refractivity contribution in [2.45, 2.75) is 44.4 Å². The molecule has 0 amide bonds. The lowest BCUT2D eigenvalue weighted by atomic mass is 9.92. The number of sulfonamides is 1. The number of rotatable bonds is 7. The third kappa shape index (κ3) is 4.62. The summed E-state index contributed by atoms with van der Waals surface area (Å²) >= 11 is 0. The quantitative estimate of drug-likeness (QED) is 0.736. The molecule has 0 spiro atoms. The molecule has 0 fully saturated rings. The van der Waals surface area contributed by atoms with Crippen LogP contribution in [0, 0.1) is 13.8 Å². The van der Waals surface area contributed by atoms with Gasteiger partial charge in [0, 0.05) is 6.54 Å². The van der Waals surface area contributed by atoms with Crippen molar-refractivity contribution in [3.8, 4) is 11.5 Å². The van der Waals surface area contributed by atoms with E-state index in [0.717, 1.165) is 42.6 Å². The van der Waals surface area contributed by atoms with Crippen LogP contribution >= 0.6 is 0 Å². The molecule has 1 aliphatic carbocycles. The first-order valence-corrected chi connectivity index (χ1v) is 10.8. The number of nitrogens with one attached hydrogen (secondary N) is 1. The van der Waals surface area contributed by atoms with Gasteiger partial charge in [-0.15, -0.1) is 0 Å². The fourth-order valence-corrected chi connectivity index (χ4v) is 4.70. The van der Waals surface area contributed by atoms with E-state index in [1.807, 2.05) is 38.1 Å². The van der Waals surface area contributed by atoms with Crippen molar-refractivity contribution in [3.05, 3.63) is 52.6 Å². The third-order valence-electron chi connectivity index (χ3n) is 4.90. The summed E-state index contributed by atoms with van der Waals surface area (Å²) in [7, 11) is -2.16. The summed E-state index contributed by atoms with van der Waals surface area (Å²) in [4.78, 5) is 0.206. The first kappa shape index (κ1) is 19.7. The molecule has 0 bridgehead atoms. The summed E-state index contributed by atoms with van der Waals surface area (Å²) in [6.45, 7) is 4.45. The Morgan fingerprint density at radius 1 is 1.00 bits per heavy atom. The van der Waals surface area contributed by atoms with Crippen molar-refractivity contribution >= 4 is 10.0 Å². The monoisotopic (exact) mass is 389 g/mol. The molecule has 2 aromatic rings. The largest absolute Gasteiger partial charge is 0.495 e. The average Bonchev–Trinajstić information content (AvgIpc) is 2.65. The van der Waals surface area contributed by atoms with Crippen LogP contribution in [0.3, 0.4) is 0 Å². The number of fused-ring (bicyclic) bond motifs is 1. The van der Waals surface area contributed by atoms with Crippen molar-refractivity contribution in [1.29, 1.82) is 0 Å². The van der Waals surface area contributed by atoms with Gasteiger partial charge in [-0.3, -0.25) is 0 Å². The second kappa shape index (κ2) is 8.31. The van der Waals surface area contributed by atoms with Crippen molar-refractivity contribution in [3.63, 3.8) is 0 Å². The van der Waals surface area contributed by atoms with E-state index in [1.54, 1.807) is 6.07 Å². The summed E-state index contributed by atoms with van der Waals surface area (Å²) in [5.74, 6) is 1.17. The maximum atomic E-state index is 12.8. The maximum absolute atomic E-state index is 12.8. The molecule has 0 aliphatic heterocycles. The van der Waals surface area contributed by atoms with Gasteiger partial charge in [0.15, 0.2) is 0 Å². The minimum Gasteiger partial charge on any atom is -0.495 e. The second-order valence-corrected chi connectivity index (χ2v) is 8.73. The van der Waals surface area contributed by atoms with Crippen LogP contribution in [0.4, 0.5) is 0 Å². The molecular formula is C21H27NO4S. The van der Waals surface area contributed by atoms with E-state index in [1.165, 1.54) is 18.2 Å². The molecule has 1 N–H and O–H groups in total. The van der Waals surface area contributed by atoms with E-state index in [0.29, 0.717) is 5.75 Å². The third-order valence-corrected chi connectivity index (χ3v) is 6.38. The van der Waals surface area contributed by atoms with Gasteiger partial charge in [0.25, 0.3) is 0 Å². The van der Waals surface area contributed by atoms with Gasteiger partial charge >= 0.3 is 0 Å². The standard InChI is InChI=1S/C21H27NO4S/c1-15-8-9-19(16(2)12-15)26-11-10-22-27(23,24)21-14-18-7-5-4-6-17(18)13-20(21)25-3/h8-9,12-14,22H,4-7,10-11H2,1-3H3. The minimum atomic E-state index is -3.66. The smallest absolute Gasteiger partial charge is 0.244 e. The molecule has 0 unspecified atom stereocenters. The number of aryl methyl sites for hydroxylation is 4. The molecule has 146 valence electrons. The van der Waals surface area contributed by atoms with Gasteiger partial charge in [-0.25, -0.2) is 13.1 Å². The first-order chi connectivity index (χ1) is 12.9. The van der Waals surface area contributed by atoms with Crippen molar-refractivity contribution < 1.29 is 17.9 Å². The topological polar surface area (TPSA) is 64.6 Å². The molecule has 0 atom stereocenters. The van der Waals surface area contributed by atoms with E-state index in [9.17, 15) is 8.42 Å². The number of hydrogen-bond acceptors (Lipinski definition) is 4. The summed E-state index contributed by atoms with van der Waals surface area (Å²) in [5.41, 5.74) is 4.50. The summed E-state index contributed by atoms with van der Waals surface area (Å²) in [6, 6.07) is 9.56. The highest BCUT2D eigenvalue weighted by molar-refractivity contribution is 7.89. The highest BCUT2D eigenvalue weighted by Gasteiger charge is 2.23. The number of ether oxygens (including phenoxy) is 2. The Hall–Kier alpha value is -2.05. The zero-order valence-corrected chi connectivity index (χ0v) is 17.0. The number of hydrogen-bond donors (Lipinski definition) is 1.